The molecule has 1 heterocycles. The minimum atomic E-state index is -0.318. The third kappa shape index (κ3) is 5.12. The lowest BCUT2D eigenvalue weighted by Crippen LogP contribution is -2.27. The number of aliphatic hydroxyl groups excluding tert-OH is 1. The highest BCUT2D eigenvalue weighted by Crippen LogP contribution is 2.22. The zero-order valence-electron chi connectivity index (χ0n) is 14.5. The molecule has 23 heavy (non-hydrogen) atoms. The molecule has 0 aliphatic rings. The smallest absolute Gasteiger partial charge is 0.125 e. The second kappa shape index (κ2) is 8.18. The van der Waals surface area contributed by atoms with Crippen molar-refractivity contribution < 1.29 is 5.11 Å². The van der Waals surface area contributed by atoms with Gasteiger partial charge in [-0.2, -0.15) is 0 Å². The van der Waals surface area contributed by atoms with Gasteiger partial charge in [-0.15, -0.1) is 0 Å². The van der Waals surface area contributed by atoms with E-state index in [-0.39, 0.29) is 18.1 Å². The third-order valence-electron chi connectivity index (χ3n) is 4.17. The maximum Gasteiger partial charge on any atom is 0.125 e. The average molecular weight is 313 g/mol. The van der Waals surface area contributed by atoms with E-state index in [0.717, 1.165) is 30.0 Å². The molecule has 0 aliphatic carbocycles. The molecule has 0 aliphatic heterocycles. The third-order valence-corrected chi connectivity index (χ3v) is 4.17. The second-order valence-electron chi connectivity index (χ2n) is 6.28. The molecule has 2 N–H and O–H groups in total. The van der Waals surface area contributed by atoms with Gasteiger partial charge in [-0.1, -0.05) is 30.3 Å². The van der Waals surface area contributed by atoms with Crippen molar-refractivity contribution in [2.45, 2.75) is 52.2 Å². The molecule has 3 unspecified atom stereocenters. The molecule has 0 bridgehead atoms. The summed E-state index contributed by atoms with van der Waals surface area (Å²) in [6.07, 6.45) is 2.33. The molecule has 2 rings (SSSR count). The summed E-state index contributed by atoms with van der Waals surface area (Å²) in [5, 5.41) is 13.4. The first-order valence-electron chi connectivity index (χ1n) is 8.24. The van der Waals surface area contributed by atoms with Crippen LogP contribution in [0.3, 0.4) is 0 Å². The fraction of sp³-hybridized carbons (Fsp3) is 0.474. The summed E-state index contributed by atoms with van der Waals surface area (Å²) in [5.74, 6) is 1.08. The van der Waals surface area contributed by atoms with Crippen LogP contribution in [0.15, 0.2) is 36.5 Å². The number of aryl methyl sites for hydroxylation is 2. The molecular formula is C19H27N3O. The van der Waals surface area contributed by atoms with Crippen LogP contribution >= 0.6 is 0 Å². The Morgan fingerprint density at radius 1 is 1.13 bits per heavy atom. The van der Waals surface area contributed by atoms with Crippen LogP contribution in [0.4, 0.5) is 0 Å². The lowest BCUT2D eigenvalue weighted by Gasteiger charge is -2.23. The summed E-state index contributed by atoms with van der Waals surface area (Å²) in [4.78, 5) is 8.74. The van der Waals surface area contributed by atoms with Gasteiger partial charge in [0.2, 0.25) is 0 Å². The summed E-state index contributed by atoms with van der Waals surface area (Å²) < 4.78 is 0. The maximum atomic E-state index is 9.79. The van der Waals surface area contributed by atoms with Gasteiger partial charge < -0.3 is 10.4 Å². The van der Waals surface area contributed by atoms with Gasteiger partial charge >= 0.3 is 0 Å². The zero-order chi connectivity index (χ0) is 16.8. The lowest BCUT2D eigenvalue weighted by molar-refractivity contribution is 0.173. The Balaban J connectivity index is 2.05. The molecule has 0 saturated heterocycles. The number of aliphatic hydroxyl groups is 1. The molecular weight excluding hydrogens is 286 g/mol. The Morgan fingerprint density at radius 2 is 1.83 bits per heavy atom. The largest absolute Gasteiger partial charge is 0.393 e. The van der Waals surface area contributed by atoms with Crippen molar-refractivity contribution in [3.63, 3.8) is 0 Å². The quantitative estimate of drug-likeness (QED) is 0.823. The van der Waals surface area contributed by atoms with Gasteiger partial charge in [-0.05, 0) is 45.6 Å². The van der Waals surface area contributed by atoms with Crippen molar-refractivity contribution in [2.24, 2.45) is 0 Å². The normalized spacial score (nSPS) is 15.2. The second-order valence-corrected chi connectivity index (χ2v) is 6.28. The van der Waals surface area contributed by atoms with E-state index >= 15 is 0 Å². The van der Waals surface area contributed by atoms with E-state index in [2.05, 4.69) is 34.3 Å². The number of hydrogen-bond acceptors (Lipinski definition) is 4. The summed E-state index contributed by atoms with van der Waals surface area (Å²) >= 11 is 0. The minimum absolute atomic E-state index is 0.177. The Morgan fingerprint density at radius 3 is 2.43 bits per heavy atom. The first kappa shape index (κ1) is 17.6. The Bertz CT molecular complexity index is 613. The first-order chi connectivity index (χ1) is 11.0. The number of rotatable bonds is 7. The summed E-state index contributed by atoms with van der Waals surface area (Å²) in [6.45, 7) is 8.71. The molecule has 0 amide bonds. The van der Waals surface area contributed by atoms with Gasteiger partial charge in [0.05, 0.1) is 6.10 Å². The maximum absolute atomic E-state index is 9.79. The predicted molar refractivity (Wildman–Crippen MR) is 93.4 cm³/mol. The van der Waals surface area contributed by atoms with Crippen molar-refractivity contribution in [1.29, 1.82) is 0 Å². The number of nitrogens with one attached hydrogen (secondary N) is 1. The van der Waals surface area contributed by atoms with Gasteiger partial charge in [0.25, 0.3) is 0 Å². The minimum Gasteiger partial charge on any atom is -0.393 e. The highest BCUT2D eigenvalue weighted by Gasteiger charge is 2.17. The van der Waals surface area contributed by atoms with Gasteiger partial charge in [0, 0.05) is 30.0 Å². The fourth-order valence-corrected chi connectivity index (χ4v) is 2.92. The first-order valence-corrected chi connectivity index (χ1v) is 8.24. The molecule has 0 saturated carbocycles. The monoisotopic (exact) mass is 313 g/mol. The highest BCUT2D eigenvalue weighted by molar-refractivity contribution is 5.22. The Hall–Kier alpha value is -1.78. The molecule has 1 aromatic carbocycles. The van der Waals surface area contributed by atoms with Crippen LogP contribution in [-0.4, -0.2) is 27.7 Å². The van der Waals surface area contributed by atoms with E-state index in [0.29, 0.717) is 0 Å². The van der Waals surface area contributed by atoms with Crippen LogP contribution in [0.1, 0.15) is 54.9 Å². The number of benzene rings is 1. The molecule has 0 radical (unpaired) electrons. The standard InChI is InChI=1S/C19H27N3O/c1-13(23)10-18(17-8-6-5-7-9-17)11-20-14(2)19-12-21-16(4)22-15(19)3/h5-9,12-14,18,20,23H,10-11H2,1-4H3. The molecule has 3 atom stereocenters. The van der Waals surface area contributed by atoms with E-state index in [1.165, 1.54) is 5.56 Å². The van der Waals surface area contributed by atoms with Gasteiger partial charge in [-0.25, -0.2) is 9.97 Å². The zero-order valence-corrected chi connectivity index (χ0v) is 14.5. The molecule has 0 spiro atoms. The van der Waals surface area contributed by atoms with E-state index in [1.807, 2.05) is 45.2 Å². The molecule has 124 valence electrons. The fourth-order valence-electron chi connectivity index (χ4n) is 2.92. The molecule has 1 aromatic heterocycles. The Labute approximate surface area is 139 Å². The molecule has 0 fully saturated rings. The van der Waals surface area contributed by atoms with Crippen molar-refractivity contribution in [2.75, 3.05) is 6.54 Å². The average Bonchev–Trinajstić information content (AvgIpc) is 2.51. The number of aromatic nitrogens is 2. The van der Waals surface area contributed by atoms with Crippen LogP contribution in [0, 0.1) is 13.8 Å². The van der Waals surface area contributed by atoms with E-state index < -0.39 is 0 Å². The van der Waals surface area contributed by atoms with Crippen molar-refractivity contribution in [1.82, 2.24) is 15.3 Å². The summed E-state index contributed by atoms with van der Waals surface area (Å²) in [7, 11) is 0. The van der Waals surface area contributed by atoms with E-state index in [9.17, 15) is 5.11 Å². The van der Waals surface area contributed by atoms with Gasteiger partial charge in [0.15, 0.2) is 0 Å². The molecule has 4 nitrogen and oxygen atoms in total. The SMILES string of the molecule is Cc1ncc(C(C)NCC(CC(C)O)c2ccccc2)c(C)n1. The number of nitrogens with zero attached hydrogens (tertiary/aromatic N) is 2. The summed E-state index contributed by atoms with van der Waals surface area (Å²) in [5.41, 5.74) is 3.40. The summed E-state index contributed by atoms with van der Waals surface area (Å²) in [6, 6.07) is 10.5. The van der Waals surface area contributed by atoms with Crippen LogP contribution in [0.2, 0.25) is 0 Å². The Kier molecular flexibility index (Phi) is 6.25. The van der Waals surface area contributed by atoms with Crippen molar-refractivity contribution in [3.05, 3.63) is 59.2 Å². The van der Waals surface area contributed by atoms with Crippen LogP contribution in [0.5, 0.6) is 0 Å². The number of hydrogen-bond donors (Lipinski definition) is 2. The highest BCUT2D eigenvalue weighted by atomic mass is 16.3. The van der Waals surface area contributed by atoms with Crippen molar-refractivity contribution in [3.8, 4) is 0 Å². The van der Waals surface area contributed by atoms with Crippen molar-refractivity contribution >= 4 is 0 Å². The van der Waals surface area contributed by atoms with E-state index in [4.69, 9.17) is 0 Å². The lowest BCUT2D eigenvalue weighted by atomic mass is 9.93. The molecule has 2 aromatic rings. The molecule has 4 heteroatoms. The van der Waals surface area contributed by atoms with Gasteiger partial charge in [0.1, 0.15) is 5.82 Å². The van der Waals surface area contributed by atoms with E-state index in [1.54, 1.807) is 0 Å². The predicted octanol–water partition coefficient (Wildman–Crippen LogP) is 3.30. The topological polar surface area (TPSA) is 58.0 Å². The van der Waals surface area contributed by atoms with Crippen LogP contribution in [0.25, 0.3) is 0 Å². The van der Waals surface area contributed by atoms with Crippen LogP contribution < -0.4 is 5.32 Å². The van der Waals surface area contributed by atoms with Crippen LogP contribution in [-0.2, 0) is 0 Å². The van der Waals surface area contributed by atoms with Gasteiger partial charge in [-0.3, -0.25) is 0 Å².